The number of hydrogen-bond acceptors (Lipinski definition) is 3. The van der Waals surface area contributed by atoms with Crippen molar-refractivity contribution in [1.29, 1.82) is 0 Å². The van der Waals surface area contributed by atoms with Crippen LogP contribution in [0, 0.1) is 0 Å². The van der Waals surface area contributed by atoms with Gasteiger partial charge in [-0.25, -0.2) is 4.79 Å². The lowest BCUT2D eigenvalue weighted by Crippen LogP contribution is -2.25. The number of benzene rings is 2. The van der Waals surface area contributed by atoms with E-state index in [9.17, 15) is 18.0 Å². The van der Waals surface area contributed by atoms with E-state index in [-0.39, 0.29) is 12.5 Å². The number of fused-ring (bicyclic) bond motifs is 1. The summed E-state index contributed by atoms with van der Waals surface area (Å²) in [5.74, 6) is 0.425. The molecule has 0 aliphatic carbocycles. The molecule has 2 aromatic carbocycles. The topological polar surface area (TPSA) is 47.6 Å². The second kappa shape index (κ2) is 8.99. The lowest BCUT2D eigenvalue weighted by atomic mass is 9.88. The monoisotopic (exact) mass is 393 g/mol. The summed E-state index contributed by atoms with van der Waals surface area (Å²) in [6.45, 7) is 1.05. The van der Waals surface area contributed by atoms with Gasteiger partial charge in [-0.2, -0.15) is 13.2 Å². The molecule has 28 heavy (non-hydrogen) atoms. The Balaban J connectivity index is 1.44. The number of carbonyl (C=O) groups excluding carboxylic acids is 1. The highest BCUT2D eigenvalue weighted by Gasteiger charge is 2.32. The molecular weight excluding hydrogens is 371 g/mol. The van der Waals surface area contributed by atoms with Crippen LogP contribution in [-0.2, 0) is 17.5 Å². The van der Waals surface area contributed by atoms with Crippen molar-refractivity contribution in [2.24, 2.45) is 0 Å². The lowest BCUT2D eigenvalue weighted by Gasteiger charge is -2.26. The third kappa shape index (κ3) is 5.41. The highest BCUT2D eigenvalue weighted by Crippen LogP contribution is 2.40. The quantitative estimate of drug-likeness (QED) is 0.680. The number of halogens is 3. The van der Waals surface area contributed by atoms with E-state index in [0.717, 1.165) is 36.1 Å². The second-order valence-electron chi connectivity index (χ2n) is 6.72. The van der Waals surface area contributed by atoms with E-state index in [1.54, 1.807) is 0 Å². The molecule has 0 bridgehead atoms. The molecular formula is C21H22F3NO3. The molecule has 7 heteroatoms. The first-order valence-electron chi connectivity index (χ1n) is 9.22. The average molecular weight is 393 g/mol. The molecule has 1 N–H and O–H groups in total. The number of nitrogens with one attached hydrogen (secondary N) is 1. The van der Waals surface area contributed by atoms with Crippen molar-refractivity contribution >= 4 is 6.09 Å². The number of alkyl carbamates (subject to hydrolysis) is 1. The molecule has 0 aromatic heterocycles. The van der Waals surface area contributed by atoms with Gasteiger partial charge in [-0.05, 0) is 48.4 Å². The van der Waals surface area contributed by atoms with E-state index in [4.69, 9.17) is 9.47 Å². The van der Waals surface area contributed by atoms with Gasteiger partial charge in [0, 0.05) is 6.54 Å². The summed E-state index contributed by atoms with van der Waals surface area (Å²) >= 11 is 0. The lowest BCUT2D eigenvalue weighted by molar-refractivity contribution is -0.137. The maximum Gasteiger partial charge on any atom is 0.416 e. The van der Waals surface area contributed by atoms with Crippen LogP contribution in [-0.4, -0.2) is 19.2 Å². The minimum atomic E-state index is -4.38. The zero-order valence-corrected chi connectivity index (χ0v) is 15.3. The summed E-state index contributed by atoms with van der Waals surface area (Å²) in [4.78, 5) is 11.7. The Bertz CT molecular complexity index is 793. The van der Waals surface area contributed by atoms with Crippen molar-refractivity contribution < 1.29 is 27.4 Å². The molecule has 1 heterocycles. The Morgan fingerprint density at radius 1 is 1.18 bits per heavy atom. The van der Waals surface area contributed by atoms with E-state index in [2.05, 4.69) is 5.32 Å². The summed E-state index contributed by atoms with van der Waals surface area (Å²) < 4.78 is 49.1. The smallest absolute Gasteiger partial charge is 0.416 e. The average Bonchev–Trinajstić information content (AvgIpc) is 2.69. The van der Waals surface area contributed by atoms with Crippen molar-refractivity contribution in [2.75, 3.05) is 13.2 Å². The van der Waals surface area contributed by atoms with Crippen LogP contribution >= 0.6 is 0 Å². The minimum absolute atomic E-state index is 0.119. The van der Waals surface area contributed by atoms with Crippen LogP contribution in [0.25, 0.3) is 0 Å². The van der Waals surface area contributed by atoms with E-state index < -0.39 is 17.8 Å². The highest BCUT2D eigenvalue weighted by molar-refractivity contribution is 5.67. The highest BCUT2D eigenvalue weighted by atomic mass is 19.4. The largest absolute Gasteiger partial charge is 0.493 e. The third-order valence-corrected chi connectivity index (χ3v) is 4.72. The van der Waals surface area contributed by atoms with Crippen LogP contribution in [0.5, 0.6) is 5.75 Å². The fourth-order valence-corrected chi connectivity index (χ4v) is 3.25. The van der Waals surface area contributed by atoms with Gasteiger partial charge in [-0.1, -0.05) is 36.4 Å². The molecule has 2 aromatic rings. The molecule has 1 atom stereocenters. The normalized spacial score (nSPS) is 16.0. The summed E-state index contributed by atoms with van der Waals surface area (Å²) in [7, 11) is 0. The summed E-state index contributed by atoms with van der Waals surface area (Å²) in [6, 6.07) is 13.1. The Morgan fingerprint density at radius 2 is 1.96 bits per heavy atom. The number of amides is 1. The zero-order valence-electron chi connectivity index (χ0n) is 15.3. The van der Waals surface area contributed by atoms with Gasteiger partial charge in [0.25, 0.3) is 0 Å². The van der Waals surface area contributed by atoms with E-state index in [1.807, 2.05) is 30.3 Å². The molecule has 0 saturated heterocycles. The number of alkyl halides is 3. The molecule has 0 spiro atoms. The van der Waals surface area contributed by atoms with Crippen molar-refractivity contribution in [3.63, 3.8) is 0 Å². The van der Waals surface area contributed by atoms with Crippen LogP contribution in [0.3, 0.4) is 0 Å². The first-order chi connectivity index (χ1) is 13.4. The molecule has 3 rings (SSSR count). The first-order valence-corrected chi connectivity index (χ1v) is 9.22. The van der Waals surface area contributed by atoms with Crippen molar-refractivity contribution in [2.45, 2.75) is 38.0 Å². The zero-order chi connectivity index (χ0) is 20.0. The van der Waals surface area contributed by atoms with Crippen molar-refractivity contribution in [3.8, 4) is 5.75 Å². The van der Waals surface area contributed by atoms with Crippen molar-refractivity contribution in [3.05, 3.63) is 65.2 Å². The molecule has 150 valence electrons. The predicted octanol–water partition coefficient (Wildman–Crippen LogP) is 5.28. The van der Waals surface area contributed by atoms with Gasteiger partial charge >= 0.3 is 12.3 Å². The van der Waals surface area contributed by atoms with Crippen LogP contribution in [0.15, 0.2) is 48.5 Å². The number of ether oxygens (including phenoxy) is 2. The SMILES string of the molecule is O=C(NCCCC1CCOc2cc(C(F)(F)F)ccc21)OCc1ccccc1. The van der Waals surface area contributed by atoms with E-state index in [1.165, 1.54) is 6.07 Å². The molecule has 0 saturated carbocycles. The molecule has 1 amide bonds. The Labute approximate surface area is 161 Å². The Hall–Kier alpha value is -2.70. The summed E-state index contributed by atoms with van der Waals surface area (Å²) in [6.07, 6.45) is -2.66. The Morgan fingerprint density at radius 3 is 2.71 bits per heavy atom. The predicted molar refractivity (Wildman–Crippen MR) is 98.2 cm³/mol. The number of carbonyl (C=O) groups is 1. The molecule has 1 aliphatic heterocycles. The van der Waals surface area contributed by atoms with Gasteiger partial charge < -0.3 is 14.8 Å². The molecule has 0 fully saturated rings. The third-order valence-electron chi connectivity index (χ3n) is 4.72. The maximum atomic E-state index is 12.8. The van der Waals surface area contributed by atoms with Crippen LogP contribution in [0.2, 0.25) is 0 Å². The van der Waals surface area contributed by atoms with Gasteiger partial charge in [-0.3, -0.25) is 0 Å². The van der Waals surface area contributed by atoms with Crippen LogP contribution in [0.4, 0.5) is 18.0 Å². The number of hydrogen-bond donors (Lipinski definition) is 1. The molecule has 4 nitrogen and oxygen atoms in total. The summed E-state index contributed by atoms with van der Waals surface area (Å²) in [5, 5.41) is 2.70. The second-order valence-corrected chi connectivity index (χ2v) is 6.72. The van der Waals surface area contributed by atoms with E-state index in [0.29, 0.717) is 25.3 Å². The van der Waals surface area contributed by atoms with Gasteiger partial charge in [0.15, 0.2) is 0 Å². The van der Waals surface area contributed by atoms with Crippen LogP contribution in [0.1, 0.15) is 41.9 Å². The molecule has 1 unspecified atom stereocenters. The van der Waals surface area contributed by atoms with Gasteiger partial charge in [0.1, 0.15) is 12.4 Å². The van der Waals surface area contributed by atoms with Gasteiger partial charge in [0.2, 0.25) is 0 Å². The van der Waals surface area contributed by atoms with Crippen LogP contribution < -0.4 is 10.1 Å². The van der Waals surface area contributed by atoms with E-state index >= 15 is 0 Å². The Kier molecular flexibility index (Phi) is 6.44. The standard InChI is InChI=1S/C21H22F3NO3/c22-21(23,24)17-8-9-18-16(10-12-27-19(18)13-17)7-4-11-25-20(26)28-14-15-5-2-1-3-6-15/h1-3,5-6,8-9,13,16H,4,7,10-12,14H2,(H,25,26). The molecule has 1 aliphatic rings. The van der Waals surface area contributed by atoms with Crippen molar-refractivity contribution in [1.82, 2.24) is 5.32 Å². The van der Waals surface area contributed by atoms with Gasteiger partial charge in [0.05, 0.1) is 12.2 Å². The first kappa shape index (κ1) is 20.0. The minimum Gasteiger partial charge on any atom is -0.493 e. The summed E-state index contributed by atoms with van der Waals surface area (Å²) in [5.41, 5.74) is 1.01. The number of rotatable bonds is 6. The maximum absolute atomic E-state index is 12.8. The van der Waals surface area contributed by atoms with Gasteiger partial charge in [-0.15, -0.1) is 0 Å². The fraction of sp³-hybridized carbons (Fsp3) is 0.381. The molecule has 0 radical (unpaired) electrons. The fourth-order valence-electron chi connectivity index (χ4n) is 3.25.